The summed E-state index contributed by atoms with van der Waals surface area (Å²) in [5.41, 5.74) is 9.14. The van der Waals surface area contributed by atoms with E-state index >= 15 is 0 Å². The lowest BCUT2D eigenvalue weighted by atomic mass is 10.0. The van der Waals surface area contributed by atoms with Crippen molar-refractivity contribution in [2.75, 3.05) is 5.32 Å². The molecular formula is C14H20N2O. The molecule has 3 nitrogen and oxygen atoms in total. The molecule has 3 N–H and O–H groups in total. The number of hydrogen-bond donors (Lipinski definition) is 2. The van der Waals surface area contributed by atoms with Crippen molar-refractivity contribution in [3.8, 4) is 0 Å². The first-order valence-corrected chi connectivity index (χ1v) is 6.21. The zero-order chi connectivity index (χ0) is 12.4. The van der Waals surface area contributed by atoms with Crippen LogP contribution in [0.5, 0.6) is 0 Å². The summed E-state index contributed by atoms with van der Waals surface area (Å²) in [5, 5.41) is 2.98. The Morgan fingerprint density at radius 1 is 1.24 bits per heavy atom. The molecule has 0 radical (unpaired) electrons. The second-order valence-corrected chi connectivity index (χ2v) is 5.07. The molecule has 92 valence electrons. The normalized spacial score (nSPS) is 23.7. The molecule has 1 aliphatic rings. The fourth-order valence-electron chi connectivity index (χ4n) is 2.60. The minimum Gasteiger partial charge on any atom is -0.327 e. The fraction of sp³-hybridized carbons (Fsp3) is 0.500. The summed E-state index contributed by atoms with van der Waals surface area (Å²) in [5.74, 6) is 0.0517. The number of carbonyl (C=O) groups excluding carboxylic acids is 1. The largest absolute Gasteiger partial charge is 0.327 e. The van der Waals surface area contributed by atoms with Crippen molar-refractivity contribution in [2.24, 2.45) is 11.7 Å². The predicted molar refractivity (Wildman–Crippen MR) is 69.9 cm³/mol. The molecule has 2 unspecified atom stereocenters. The maximum Gasteiger partial charge on any atom is 0.229 e. The average molecular weight is 232 g/mol. The van der Waals surface area contributed by atoms with Crippen molar-refractivity contribution >= 4 is 11.6 Å². The van der Waals surface area contributed by atoms with Crippen LogP contribution in [0.1, 0.15) is 30.4 Å². The van der Waals surface area contributed by atoms with Crippen LogP contribution in [-0.2, 0) is 4.79 Å². The Kier molecular flexibility index (Phi) is 3.48. The van der Waals surface area contributed by atoms with E-state index in [9.17, 15) is 4.79 Å². The van der Waals surface area contributed by atoms with Gasteiger partial charge in [-0.15, -0.1) is 0 Å². The van der Waals surface area contributed by atoms with Crippen molar-refractivity contribution in [1.82, 2.24) is 0 Å². The van der Waals surface area contributed by atoms with Gasteiger partial charge in [-0.2, -0.15) is 0 Å². The maximum absolute atomic E-state index is 12.1. The molecule has 1 aromatic carbocycles. The topological polar surface area (TPSA) is 55.1 Å². The summed E-state index contributed by atoms with van der Waals surface area (Å²) >= 11 is 0. The number of aryl methyl sites for hydroxylation is 2. The van der Waals surface area contributed by atoms with Gasteiger partial charge in [-0.3, -0.25) is 4.79 Å². The number of anilines is 1. The van der Waals surface area contributed by atoms with E-state index in [-0.39, 0.29) is 17.9 Å². The maximum atomic E-state index is 12.1. The molecule has 2 rings (SSSR count). The van der Waals surface area contributed by atoms with Gasteiger partial charge < -0.3 is 11.1 Å². The van der Waals surface area contributed by atoms with Crippen LogP contribution in [0.3, 0.4) is 0 Å². The highest BCUT2D eigenvalue weighted by Crippen LogP contribution is 2.25. The third kappa shape index (κ3) is 2.86. The third-order valence-corrected chi connectivity index (χ3v) is 3.40. The summed E-state index contributed by atoms with van der Waals surface area (Å²) in [4.78, 5) is 12.1. The lowest BCUT2D eigenvalue weighted by molar-refractivity contribution is -0.120. The molecule has 0 aromatic heterocycles. The molecule has 0 saturated heterocycles. The van der Waals surface area contributed by atoms with E-state index in [4.69, 9.17) is 5.73 Å². The molecule has 0 bridgehead atoms. The summed E-state index contributed by atoms with van der Waals surface area (Å²) in [6.07, 6.45) is 2.94. The average Bonchev–Trinajstić information content (AvgIpc) is 2.62. The van der Waals surface area contributed by atoms with Gasteiger partial charge in [0.05, 0.1) is 5.92 Å². The van der Waals surface area contributed by atoms with E-state index in [1.54, 1.807) is 0 Å². The third-order valence-electron chi connectivity index (χ3n) is 3.40. The molecule has 1 saturated carbocycles. The van der Waals surface area contributed by atoms with Crippen LogP contribution in [0.25, 0.3) is 0 Å². The smallest absolute Gasteiger partial charge is 0.229 e. The first kappa shape index (κ1) is 12.1. The van der Waals surface area contributed by atoms with Crippen molar-refractivity contribution < 1.29 is 4.79 Å². The number of benzene rings is 1. The Morgan fingerprint density at radius 2 is 1.88 bits per heavy atom. The molecule has 2 atom stereocenters. The lowest BCUT2D eigenvalue weighted by Crippen LogP contribution is -2.34. The second kappa shape index (κ2) is 4.88. The van der Waals surface area contributed by atoms with Gasteiger partial charge in [0.25, 0.3) is 0 Å². The molecular weight excluding hydrogens is 212 g/mol. The van der Waals surface area contributed by atoms with Gasteiger partial charge in [0.2, 0.25) is 5.91 Å². The summed E-state index contributed by atoms with van der Waals surface area (Å²) in [7, 11) is 0. The van der Waals surface area contributed by atoms with E-state index in [1.807, 2.05) is 26.0 Å². The van der Waals surface area contributed by atoms with E-state index in [0.29, 0.717) is 0 Å². The fourth-order valence-corrected chi connectivity index (χ4v) is 2.60. The van der Waals surface area contributed by atoms with Gasteiger partial charge in [0.15, 0.2) is 0 Å². The molecule has 0 heterocycles. The first-order chi connectivity index (χ1) is 8.06. The minimum atomic E-state index is -0.0178. The van der Waals surface area contributed by atoms with Crippen LogP contribution >= 0.6 is 0 Å². The Morgan fingerprint density at radius 3 is 2.41 bits per heavy atom. The van der Waals surface area contributed by atoms with Crippen LogP contribution in [0, 0.1) is 19.8 Å². The Bertz CT molecular complexity index is 408. The number of rotatable bonds is 2. The SMILES string of the molecule is Cc1cc(C)cc(NC(=O)C2CCCC2N)c1. The van der Waals surface area contributed by atoms with Gasteiger partial charge in [-0.1, -0.05) is 12.5 Å². The van der Waals surface area contributed by atoms with Gasteiger partial charge in [0, 0.05) is 11.7 Å². The zero-order valence-electron chi connectivity index (χ0n) is 10.5. The minimum absolute atomic E-state index is 0.0178. The van der Waals surface area contributed by atoms with E-state index in [2.05, 4.69) is 11.4 Å². The van der Waals surface area contributed by atoms with Gasteiger partial charge in [0.1, 0.15) is 0 Å². The molecule has 1 fully saturated rings. The highest BCUT2D eigenvalue weighted by molar-refractivity contribution is 5.93. The second-order valence-electron chi connectivity index (χ2n) is 5.07. The summed E-state index contributed by atoms with van der Waals surface area (Å²) in [6.45, 7) is 4.06. The lowest BCUT2D eigenvalue weighted by Gasteiger charge is -2.15. The highest BCUT2D eigenvalue weighted by Gasteiger charge is 2.30. The predicted octanol–water partition coefficient (Wildman–Crippen LogP) is 2.37. The van der Waals surface area contributed by atoms with E-state index in [0.717, 1.165) is 36.1 Å². The summed E-state index contributed by atoms with van der Waals surface area (Å²) in [6, 6.07) is 6.11. The van der Waals surface area contributed by atoms with E-state index < -0.39 is 0 Å². The molecule has 0 aliphatic heterocycles. The van der Waals surface area contributed by atoms with Crippen LogP contribution < -0.4 is 11.1 Å². The zero-order valence-corrected chi connectivity index (χ0v) is 10.5. The van der Waals surface area contributed by atoms with Crippen LogP contribution in [0.4, 0.5) is 5.69 Å². The van der Waals surface area contributed by atoms with E-state index in [1.165, 1.54) is 0 Å². The molecule has 3 heteroatoms. The molecule has 1 aromatic rings. The monoisotopic (exact) mass is 232 g/mol. The highest BCUT2D eigenvalue weighted by atomic mass is 16.1. The number of nitrogens with one attached hydrogen (secondary N) is 1. The van der Waals surface area contributed by atoms with Crippen molar-refractivity contribution in [3.63, 3.8) is 0 Å². The summed E-state index contributed by atoms with van der Waals surface area (Å²) < 4.78 is 0. The standard InChI is InChI=1S/C14H20N2O/c1-9-6-10(2)8-11(7-9)16-14(17)12-4-3-5-13(12)15/h6-8,12-13H,3-5,15H2,1-2H3,(H,16,17). The van der Waals surface area contributed by atoms with Crippen molar-refractivity contribution in [3.05, 3.63) is 29.3 Å². The number of carbonyl (C=O) groups is 1. The van der Waals surface area contributed by atoms with Gasteiger partial charge >= 0.3 is 0 Å². The number of hydrogen-bond acceptors (Lipinski definition) is 2. The first-order valence-electron chi connectivity index (χ1n) is 6.21. The number of nitrogens with two attached hydrogens (primary N) is 1. The Labute approximate surface area is 102 Å². The molecule has 1 amide bonds. The Hall–Kier alpha value is -1.35. The molecule has 17 heavy (non-hydrogen) atoms. The van der Waals surface area contributed by atoms with Crippen LogP contribution in [0.15, 0.2) is 18.2 Å². The van der Waals surface area contributed by atoms with Crippen molar-refractivity contribution in [1.29, 1.82) is 0 Å². The molecule has 1 aliphatic carbocycles. The van der Waals surface area contributed by atoms with Crippen molar-refractivity contribution in [2.45, 2.75) is 39.2 Å². The van der Waals surface area contributed by atoms with Gasteiger partial charge in [-0.05, 0) is 49.9 Å². The van der Waals surface area contributed by atoms with Gasteiger partial charge in [-0.25, -0.2) is 0 Å². The van der Waals surface area contributed by atoms with Crippen LogP contribution in [0.2, 0.25) is 0 Å². The number of amides is 1. The quantitative estimate of drug-likeness (QED) is 0.822. The molecule has 0 spiro atoms. The Balaban J connectivity index is 2.07. The van der Waals surface area contributed by atoms with Crippen LogP contribution in [-0.4, -0.2) is 11.9 Å².